The van der Waals surface area contributed by atoms with E-state index in [2.05, 4.69) is 10.3 Å². The van der Waals surface area contributed by atoms with Crippen LogP contribution in [0.15, 0.2) is 45.6 Å². The Bertz CT molecular complexity index is 825. The van der Waals surface area contributed by atoms with Gasteiger partial charge < -0.3 is 15.5 Å². The average molecular weight is 269 g/mol. The molecule has 0 radical (unpaired) electrons. The highest BCUT2D eigenvalue weighted by Gasteiger charge is 2.13. The average Bonchev–Trinajstić information content (AvgIpc) is 2.46. The number of carbonyl (C=O) groups excluding carboxylic acids is 1. The van der Waals surface area contributed by atoms with Crippen LogP contribution in [-0.2, 0) is 4.79 Å². The molecular formula is C14H11N3O3. The number of rotatable bonds is 2. The van der Waals surface area contributed by atoms with Gasteiger partial charge in [-0.3, -0.25) is 9.59 Å². The molecule has 0 fully saturated rings. The molecule has 0 bridgehead atoms. The lowest BCUT2D eigenvalue weighted by molar-refractivity contribution is -0.114. The minimum absolute atomic E-state index is 0.144. The summed E-state index contributed by atoms with van der Waals surface area (Å²) in [5.74, 6) is -0.0568. The van der Waals surface area contributed by atoms with E-state index in [0.29, 0.717) is 22.6 Å². The Morgan fingerprint density at radius 3 is 2.90 bits per heavy atom. The predicted octanol–water partition coefficient (Wildman–Crippen LogP) is 1.19. The van der Waals surface area contributed by atoms with Crippen molar-refractivity contribution in [3.05, 3.63) is 46.6 Å². The Kier molecular flexibility index (Phi) is 2.92. The van der Waals surface area contributed by atoms with Gasteiger partial charge in [0.15, 0.2) is 11.3 Å². The number of hydrogen-bond donors (Lipinski definition) is 2. The molecule has 6 heteroatoms. The Balaban J connectivity index is 2.19. The van der Waals surface area contributed by atoms with Crippen molar-refractivity contribution in [2.45, 2.75) is 0 Å². The van der Waals surface area contributed by atoms with Crippen LogP contribution in [0.1, 0.15) is 0 Å². The Hall–Kier alpha value is -2.73. The van der Waals surface area contributed by atoms with E-state index in [4.69, 9.17) is 10.2 Å². The third kappa shape index (κ3) is 2.12. The van der Waals surface area contributed by atoms with E-state index in [1.165, 1.54) is 12.1 Å². The molecule has 0 spiro atoms. The van der Waals surface area contributed by atoms with Gasteiger partial charge in [-0.2, -0.15) is 0 Å². The van der Waals surface area contributed by atoms with Gasteiger partial charge in [-0.25, -0.2) is 4.98 Å². The maximum absolute atomic E-state index is 11.9. The Morgan fingerprint density at radius 2 is 2.10 bits per heavy atom. The zero-order valence-corrected chi connectivity index (χ0v) is 10.4. The van der Waals surface area contributed by atoms with Gasteiger partial charge in [-0.1, -0.05) is 12.1 Å². The summed E-state index contributed by atoms with van der Waals surface area (Å²) in [4.78, 5) is 27.5. The van der Waals surface area contributed by atoms with Gasteiger partial charge in [-0.15, -0.1) is 0 Å². The fourth-order valence-corrected chi connectivity index (χ4v) is 1.90. The molecule has 6 nitrogen and oxygen atoms in total. The van der Waals surface area contributed by atoms with Crippen molar-refractivity contribution in [3.8, 4) is 11.5 Å². The molecule has 0 saturated heterocycles. The second-order valence-corrected chi connectivity index (χ2v) is 4.25. The van der Waals surface area contributed by atoms with Crippen molar-refractivity contribution in [3.63, 3.8) is 0 Å². The van der Waals surface area contributed by atoms with Crippen LogP contribution < -0.4 is 16.5 Å². The molecule has 3 rings (SSSR count). The topological polar surface area (TPSA) is 98.2 Å². The molecule has 1 amide bonds. The van der Waals surface area contributed by atoms with Gasteiger partial charge in [-0.05, 0) is 18.2 Å². The number of aromatic nitrogens is 1. The highest BCUT2D eigenvalue weighted by molar-refractivity contribution is 5.92. The first kappa shape index (κ1) is 12.3. The SMILES string of the molecule is NCC(=O)Nc1cc2nc3ccccc3oc-2cc1=O. The number of anilines is 1. The fraction of sp³-hybridized carbons (Fsp3) is 0.0714. The fourth-order valence-electron chi connectivity index (χ4n) is 1.90. The molecule has 3 N–H and O–H groups in total. The molecule has 0 atom stereocenters. The third-order valence-electron chi connectivity index (χ3n) is 2.85. The van der Waals surface area contributed by atoms with Crippen LogP contribution in [0, 0.1) is 0 Å². The van der Waals surface area contributed by atoms with Crippen LogP contribution in [0.5, 0.6) is 0 Å². The quantitative estimate of drug-likeness (QED) is 0.681. The molecule has 1 heterocycles. The van der Waals surface area contributed by atoms with E-state index < -0.39 is 5.91 Å². The summed E-state index contributed by atoms with van der Waals surface area (Å²) in [5, 5.41) is 2.44. The number of para-hydroxylation sites is 2. The van der Waals surface area contributed by atoms with Crippen LogP contribution in [0.2, 0.25) is 0 Å². The first-order valence-electron chi connectivity index (χ1n) is 6.01. The standard InChI is InChI=1S/C14H11N3O3/c15-7-14(19)17-9-5-10-13(6-11(9)18)20-12-4-2-1-3-8(12)16-10/h1-6H,7,15H2,(H,17,19). The second-order valence-electron chi connectivity index (χ2n) is 4.25. The zero-order chi connectivity index (χ0) is 14.1. The number of nitrogens with zero attached hydrogens (tertiary/aromatic N) is 1. The van der Waals surface area contributed by atoms with E-state index in [1.54, 1.807) is 6.07 Å². The molecule has 1 aliphatic heterocycles. The van der Waals surface area contributed by atoms with Gasteiger partial charge >= 0.3 is 0 Å². The van der Waals surface area contributed by atoms with Crippen molar-refractivity contribution in [1.29, 1.82) is 0 Å². The lowest BCUT2D eigenvalue weighted by atomic mass is 10.2. The van der Waals surface area contributed by atoms with Gasteiger partial charge in [0, 0.05) is 6.07 Å². The van der Waals surface area contributed by atoms with Crippen molar-refractivity contribution >= 4 is 22.7 Å². The molecule has 1 aromatic carbocycles. The number of amides is 1. The molecule has 1 aliphatic carbocycles. The summed E-state index contributed by atoms with van der Waals surface area (Å²) in [6, 6.07) is 10.0. The smallest absolute Gasteiger partial charge is 0.238 e. The van der Waals surface area contributed by atoms with Crippen LogP contribution in [0.4, 0.5) is 5.69 Å². The van der Waals surface area contributed by atoms with Gasteiger partial charge in [0.1, 0.15) is 11.2 Å². The number of nitrogens with one attached hydrogen (secondary N) is 1. The first-order chi connectivity index (χ1) is 9.67. The Labute approximate surface area is 113 Å². The van der Waals surface area contributed by atoms with Crippen LogP contribution >= 0.6 is 0 Å². The van der Waals surface area contributed by atoms with Gasteiger partial charge in [0.05, 0.1) is 12.2 Å². The molecule has 0 saturated carbocycles. The van der Waals surface area contributed by atoms with Crippen molar-refractivity contribution in [2.75, 3.05) is 11.9 Å². The maximum atomic E-state index is 11.9. The monoisotopic (exact) mass is 269 g/mol. The van der Waals surface area contributed by atoms with E-state index >= 15 is 0 Å². The molecule has 1 aromatic rings. The van der Waals surface area contributed by atoms with E-state index in [1.807, 2.05) is 18.2 Å². The largest absolute Gasteiger partial charge is 0.453 e. The Morgan fingerprint density at radius 1 is 1.30 bits per heavy atom. The zero-order valence-electron chi connectivity index (χ0n) is 10.4. The summed E-state index contributed by atoms with van der Waals surface area (Å²) in [5.41, 5.74) is 6.77. The minimum atomic E-state index is -0.431. The van der Waals surface area contributed by atoms with Crippen molar-refractivity contribution < 1.29 is 9.21 Å². The lowest BCUT2D eigenvalue weighted by Crippen LogP contribution is -2.25. The predicted molar refractivity (Wildman–Crippen MR) is 74.6 cm³/mol. The van der Waals surface area contributed by atoms with Crippen molar-refractivity contribution in [1.82, 2.24) is 4.98 Å². The van der Waals surface area contributed by atoms with Crippen LogP contribution in [-0.4, -0.2) is 17.4 Å². The molecule has 2 aliphatic rings. The summed E-state index contributed by atoms with van der Waals surface area (Å²) < 4.78 is 5.61. The molecule has 20 heavy (non-hydrogen) atoms. The minimum Gasteiger partial charge on any atom is -0.453 e. The summed E-state index contributed by atoms with van der Waals surface area (Å²) in [6.07, 6.45) is 0. The lowest BCUT2D eigenvalue weighted by Gasteiger charge is -2.08. The van der Waals surface area contributed by atoms with Gasteiger partial charge in [0.25, 0.3) is 0 Å². The highest BCUT2D eigenvalue weighted by Crippen LogP contribution is 2.25. The summed E-state index contributed by atoms with van der Waals surface area (Å²) in [7, 11) is 0. The summed E-state index contributed by atoms with van der Waals surface area (Å²) >= 11 is 0. The molecule has 100 valence electrons. The first-order valence-corrected chi connectivity index (χ1v) is 6.01. The van der Waals surface area contributed by atoms with Crippen molar-refractivity contribution in [2.24, 2.45) is 5.73 Å². The normalized spacial score (nSPS) is 10.8. The second kappa shape index (κ2) is 4.75. The van der Waals surface area contributed by atoms with Crippen LogP contribution in [0.3, 0.4) is 0 Å². The van der Waals surface area contributed by atoms with E-state index in [-0.39, 0.29) is 17.7 Å². The molecule has 0 aromatic heterocycles. The van der Waals surface area contributed by atoms with Crippen LogP contribution in [0.25, 0.3) is 22.6 Å². The molecule has 0 unspecified atom stereocenters. The number of nitrogens with two attached hydrogens (primary N) is 1. The van der Waals surface area contributed by atoms with E-state index in [9.17, 15) is 9.59 Å². The molecular weight excluding hydrogens is 258 g/mol. The number of carbonyl (C=O) groups is 1. The van der Waals surface area contributed by atoms with Gasteiger partial charge in [0.2, 0.25) is 11.3 Å². The highest BCUT2D eigenvalue weighted by atomic mass is 16.3. The third-order valence-corrected chi connectivity index (χ3v) is 2.85. The van der Waals surface area contributed by atoms with E-state index in [0.717, 1.165) is 0 Å². The number of fused-ring (bicyclic) bond motifs is 2. The number of benzene rings is 2. The summed E-state index contributed by atoms with van der Waals surface area (Å²) in [6.45, 7) is -0.187. The maximum Gasteiger partial charge on any atom is 0.238 e. The number of hydrogen-bond acceptors (Lipinski definition) is 5.